The number of rotatable bonds is 2. The van der Waals surface area contributed by atoms with Crippen molar-refractivity contribution in [1.29, 1.82) is 0 Å². The lowest BCUT2D eigenvalue weighted by molar-refractivity contribution is 1.05. The van der Waals surface area contributed by atoms with Gasteiger partial charge in [0.2, 0.25) is 0 Å². The molecule has 1 aromatic heterocycles. The van der Waals surface area contributed by atoms with Crippen LogP contribution in [0.15, 0.2) is 24.3 Å². The molecule has 0 spiro atoms. The number of hydrogen-bond acceptors (Lipinski definition) is 3. The van der Waals surface area contributed by atoms with Crippen LogP contribution in [0, 0.1) is 6.92 Å². The highest BCUT2D eigenvalue weighted by Gasteiger charge is 2.08. The van der Waals surface area contributed by atoms with E-state index in [4.69, 9.17) is 11.5 Å². The zero-order valence-corrected chi connectivity index (χ0v) is 8.62. The second kappa shape index (κ2) is 3.74. The quantitative estimate of drug-likeness (QED) is 0.689. The molecular weight excluding hydrogens is 188 g/mol. The summed E-state index contributed by atoms with van der Waals surface area (Å²) in [6.45, 7) is 2.49. The van der Waals surface area contributed by atoms with E-state index in [2.05, 4.69) is 10.2 Å². The Hall–Kier alpha value is -1.81. The zero-order chi connectivity index (χ0) is 10.8. The lowest BCUT2D eigenvalue weighted by atomic mass is 10.0. The first-order chi connectivity index (χ1) is 7.22. The van der Waals surface area contributed by atoms with Gasteiger partial charge >= 0.3 is 0 Å². The second-order valence-electron chi connectivity index (χ2n) is 3.50. The van der Waals surface area contributed by atoms with Crippen LogP contribution in [0.3, 0.4) is 0 Å². The first-order valence-corrected chi connectivity index (χ1v) is 4.82. The summed E-state index contributed by atoms with van der Waals surface area (Å²) in [5.74, 6) is 0.605. The van der Waals surface area contributed by atoms with Gasteiger partial charge in [-0.3, -0.25) is 5.10 Å². The summed E-state index contributed by atoms with van der Waals surface area (Å²) in [5.41, 5.74) is 15.4. The van der Waals surface area contributed by atoms with Gasteiger partial charge in [-0.15, -0.1) is 0 Å². The van der Waals surface area contributed by atoms with Gasteiger partial charge in [-0.25, -0.2) is 0 Å². The largest absolute Gasteiger partial charge is 0.384 e. The summed E-state index contributed by atoms with van der Waals surface area (Å²) in [6, 6.07) is 8.02. The van der Waals surface area contributed by atoms with Gasteiger partial charge in [0.25, 0.3) is 0 Å². The standard InChI is InChI=1S/C11H14N4/c1-7-10(11(13)15-14-7)9-4-2-8(6-12)3-5-9/h2-5H,6,12H2,1H3,(H3,13,14,15). The summed E-state index contributed by atoms with van der Waals surface area (Å²) in [5, 5.41) is 6.83. The van der Waals surface area contributed by atoms with E-state index in [0.29, 0.717) is 12.4 Å². The first kappa shape index (κ1) is 9.73. The number of hydrogen-bond donors (Lipinski definition) is 3. The molecule has 0 atom stereocenters. The van der Waals surface area contributed by atoms with Crippen LogP contribution < -0.4 is 11.5 Å². The highest BCUT2D eigenvalue weighted by Crippen LogP contribution is 2.27. The molecule has 78 valence electrons. The molecule has 4 nitrogen and oxygen atoms in total. The molecule has 15 heavy (non-hydrogen) atoms. The molecule has 0 aliphatic carbocycles. The van der Waals surface area contributed by atoms with Crippen molar-refractivity contribution in [2.24, 2.45) is 5.73 Å². The van der Waals surface area contributed by atoms with Gasteiger partial charge in [-0.2, -0.15) is 5.10 Å². The zero-order valence-electron chi connectivity index (χ0n) is 8.62. The predicted octanol–water partition coefficient (Wildman–Crippen LogP) is 1.43. The molecule has 2 rings (SSSR count). The molecule has 0 amide bonds. The van der Waals surface area contributed by atoms with E-state index in [1.54, 1.807) is 0 Å². The van der Waals surface area contributed by atoms with Crippen LogP contribution in [-0.4, -0.2) is 10.2 Å². The number of aromatic amines is 1. The van der Waals surface area contributed by atoms with Crippen LogP contribution in [0.25, 0.3) is 11.1 Å². The Morgan fingerprint density at radius 2 is 1.93 bits per heavy atom. The summed E-state index contributed by atoms with van der Waals surface area (Å²) in [6.07, 6.45) is 0. The maximum Gasteiger partial charge on any atom is 0.127 e. The predicted molar refractivity (Wildman–Crippen MR) is 61.1 cm³/mol. The molecule has 0 saturated carbocycles. The van der Waals surface area contributed by atoms with E-state index < -0.39 is 0 Å². The number of nitrogens with two attached hydrogens (primary N) is 2. The van der Waals surface area contributed by atoms with Crippen molar-refractivity contribution >= 4 is 5.82 Å². The van der Waals surface area contributed by atoms with Crippen LogP contribution in [0.4, 0.5) is 5.82 Å². The average molecular weight is 202 g/mol. The molecule has 0 bridgehead atoms. The van der Waals surface area contributed by atoms with E-state index in [1.807, 2.05) is 31.2 Å². The highest BCUT2D eigenvalue weighted by molar-refractivity contribution is 5.76. The summed E-state index contributed by atoms with van der Waals surface area (Å²) in [4.78, 5) is 0. The number of benzene rings is 1. The normalized spacial score (nSPS) is 10.5. The van der Waals surface area contributed by atoms with Crippen LogP contribution in [0.2, 0.25) is 0 Å². The van der Waals surface area contributed by atoms with Crippen molar-refractivity contribution in [2.45, 2.75) is 13.5 Å². The minimum atomic E-state index is 0.556. The molecule has 1 heterocycles. The van der Waals surface area contributed by atoms with Gasteiger partial charge < -0.3 is 11.5 Å². The molecule has 4 heteroatoms. The van der Waals surface area contributed by atoms with Crippen molar-refractivity contribution in [3.63, 3.8) is 0 Å². The summed E-state index contributed by atoms with van der Waals surface area (Å²) < 4.78 is 0. The third-order valence-electron chi connectivity index (χ3n) is 2.45. The number of nitrogens with one attached hydrogen (secondary N) is 1. The number of H-pyrrole nitrogens is 1. The van der Waals surface area contributed by atoms with Gasteiger partial charge in [0, 0.05) is 12.1 Å². The van der Waals surface area contributed by atoms with E-state index in [1.165, 1.54) is 0 Å². The lowest BCUT2D eigenvalue weighted by Crippen LogP contribution is -1.95. The Bertz CT molecular complexity index is 436. The molecule has 0 unspecified atom stereocenters. The van der Waals surface area contributed by atoms with Crippen molar-refractivity contribution in [3.05, 3.63) is 35.5 Å². The smallest absolute Gasteiger partial charge is 0.127 e. The topological polar surface area (TPSA) is 80.7 Å². The Morgan fingerprint density at radius 3 is 2.40 bits per heavy atom. The molecule has 0 aliphatic heterocycles. The number of aromatic nitrogens is 2. The Labute approximate surface area is 88.3 Å². The van der Waals surface area contributed by atoms with E-state index in [9.17, 15) is 0 Å². The fourth-order valence-corrected chi connectivity index (χ4v) is 1.62. The Balaban J connectivity index is 2.45. The van der Waals surface area contributed by atoms with Crippen molar-refractivity contribution in [2.75, 3.05) is 5.73 Å². The fraction of sp³-hybridized carbons (Fsp3) is 0.182. The third-order valence-corrected chi connectivity index (χ3v) is 2.45. The minimum Gasteiger partial charge on any atom is -0.384 e. The van der Waals surface area contributed by atoms with Crippen molar-refractivity contribution < 1.29 is 0 Å². The first-order valence-electron chi connectivity index (χ1n) is 4.82. The monoisotopic (exact) mass is 202 g/mol. The van der Waals surface area contributed by atoms with Crippen LogP contribution in [0.1, 0.15) is 11.3 Å². The van der Waals surface area contributed by atoms with Gasteiger partial charge in [0.1, 0.15) is 5.82 Å². The summed E-state index contributed by atoms with van der Waals surface area (Å²) in [7, 11) is 0. The molecule has 2 aromatic rings. The molecular formula is C11H14N4. The Kier molecular flexibility index (Phi) is 2.43. The molecule has 5 N–H and O–H groups in total. The van der Waals surface area contributed by atoms with Gasteiger partial charge in [-0.05, 0) is 18.1 Å². The van der Waals surface area contributed by atoms with E-state index in [0.717, 1.165) is 22.4 Å². The third kappa shape index (κ3) is 1.71. The highest BCUT2D eigenvalue weighted by atomic mass is 15.2. The lowest BCUT2D eigenvalue weighted by Gasteiger charge is -2.02. The molecule has 0 saturated heterocycles. The van der Waals surface area contributed by atoms with E-state index >= 15 is 0 Å². The maximum absolute atomic E-state index is 5.80. The van der Waals surface area contributed by atoms with Crippen molar-refractivity contribution in [3.8, 4) is 11.1 Å². The number of nitrogen functional groups attached to an aromatic ring is 1. The molecule has 0 fully saturated rings. The fourth-order valence-electron chi connectivity index (χ4n) is 1.62. The SMILES string of the molecule is Cc1n[nH]c(N)c1-c1ccc(CN)cc1. The second-order valence-corrected chi connectivity index (χ2v) is 3.50. The number of anilines is 1. The molecule has 0 radical (unpaired) electrons. The van der Waals surface area contributed by atoms with Gasteiger partial charge in [0.05, 0.1) is 5.69 Å². The van der Waals surface area contributed by atoms with Crippen LogP contribution in [-0.2, 0) is 6.54 Å². The van der Waals surface area contributed by atoms with E-state index in [-0.39, 0.29) is 0 Å². The maximum atomic E-state index is 5.80. The minimum absolute atomic E-state index is 0.556. The van der Waals surface area contributed by atoms with Crippen LogP contribution in [0.5, 0.6) is 0 Å². The van der Waals surface area contributed by atoms with Gasteiger partial charge in [-0.1, -0.05) is 24.3 Å². The van der Waals surface area contributed by atoms with Crippen molar-refractivity contribution in [1.82, 2.24) is 10.2 Å². The van der Waals surface area contributed by atoms with Gasteiger partial charge in [0.15, 0.2) is 0 Å². The summed E-state index contributed by atoms with van der Waals surface area (Å²) >= 11 is 0. The number of nitrogens with zero attached hydrogens (tertiary/aromatic N) is 1. The van der Waals surface area contributed by atoms with Crippen LogP contribution >= 0.6 is 0 Å². The number of aryl methyl sites for hydroxylation is 1. The molecule has 0 aliphatic rings. The Morgan fingerprint density at radius 1 is 1.27 bits per heavy atom. The molecule has 1 aromatic carbocycles. The average Bonchev–Trinajstić information content (AvgIpc) is 2.59.